The standard InChI is InChI=1S/C13H19N3O/c1-10-9-12(3-6-15-10)16-7-4-11(5-8-16)13(17)14-2/h3,6,9,11H,4-5,7-8H2,1-2H3,(H,14,17). The molecule has 4 heteroatoms. The van der Waals surface area contributed by atoms with E-state index < -0.39 is 0 Å². The highest BCUT2D eigenvalue weighted by Gasteiger charge is 2.24. The first-order valence-corrected chi connectivity index (χ1v) is 6.10. The van der Waals surface area contributed by atoms with Gasteiger partial charge in [-0.05, 0) is 31.9 Å². The molecule has 1 aromatic heterocycles. The lowest BCUT2D eigenvalue weighted by Gasteiger charge is -2.32. The molecule has 1 fully saturated rings. The van der Waals surface area contributed by atoms with Crippen molar-refractivity contribution in [3.63, 3.8) is 0 Å². The Morgan fingerprint density at radius 2 is 2.18 bits per heavy atom. The number of aromatic nitrogens is 1. The van der Waals surface area contributed by atoms with E-state index in [9.17, 15) is 4.79 Å². The van der Waals surface area contributed by atoms with Crippen LogP contribution < -0.4 is 10.2 Å². The van der Waals surface area contributed by atoms with Crippen LogP contribution in [0, 0.1) is 12.8 Å². The maximum atomic E-state index is 11.5. The number of carbonyl (C=O) groups excluding carboxylic acids is 1. The Kier molecular flexibility index (Phi) is 3.61. The van der Waals surface area contributed by atoms with Crippen LogP contribution in [0.2, 0.25) is 0 Å². The Hall–Kier alpha value is -1.58. The summed E-state index contributed by atoms with van der Waals surface area (Å²) in [6.45, 7) is 3.89. The van der Waals surface area contributed by atoms with E-state index in [0.29, 0.717) is 0 Å². The van der Waals surface area contributed by atoms with Gasteiger partial charge in [-0.2, -0.15) is 0 Å². The van der Waals surface area contributed by atoms with Crippen molar-refractivity contribution in [2.75, 3.05) is 25.0 Å². The molecule has 2 heterocycles. The molecule has 92 valence electrons. The molecule has 1 aliphatic rings. The highest BCUT2D eigenvalue weighted by molar-refractivity contribution is 5.78. The number of hydrogen-bond donors (Lipinski definition) is 1. The maximum absolute atomic E-state index is 11.5. The fourth-order valence-corrected chi connectivity index (χ4v) is 2.33. The van der Waals surface area contributed by atoms with Crippen molar-refractivity contribution in [3.05, 3.63) is 24.0 Å². The Morgan fingerprint density at radius 3 is 2.76 bits per heavy atom. The number of rotatable bonds is 2. The van der Waals surface area contributed by atoms with Crippen LogP contribution in [0.3, 0.4) is 0 Å². The molecule has 0 radical (unpaired) electrons. The van der Waals surface area contributed by atoms with E-state index >= 15 is 0 Å². The van der Waals surface area contributed by atoms with E-state index in [4.69, 9.17) is 0 Å². The molecule has 17 heavy (non-hydrogen) atoms. The summed E-state index contributed by atoms with van der Waals surface area (Å²) < 4.78 is 0. The number of nitrogens with zero attached hydrogens (tertiary/aromatic N) is 2. The van der Waals surface area contributed by atoms with Gasteiger partial charge in [0.2, 0.25) is 5.91 Å². The molecular formula is C13H19N3O. The van der Waals surface area contributed by atoms with E-state index in [1.165, 1.54) is 5.69 Å². The van der Waals surface area contributed by atoms with Gasteiger partial charge in [-0.25, -0.2) is 0 Å². The lowest BCUT2D eigenvalue weighted by Crippen LogP contribution is -2.39. The molecule has 0 saturated carbocycles. The molecule has 0 bridgehead atoms. The third kappa shape index (κ3) is 2.75. The first-order valence-electron chi connectivity index (χ1n) is 6.10. The van der Waals surface area contributed by atoms with Gasteiger partial charge in [-0.15, -0.1) is 0 Å². The van der Waals surface area contributed by atoms with Gasteiger partial charge < -0.3 is 10.2 Å². The zero-order valence-corrected chi connectivity index (χ0v) is 10.4. The zero-order valence-electron chi connectivity index (χ0n) is 10.4. The molecule has 1 aromatic rings. The fraction of sp³-hybridized carbons (Fsp3) is 0.538. The van der Waals surface area contributed by atoms with Crippen molar-refractivity contribution in [3.8, 4) is 0 Å². The Balaban J connectivity index is 1.97. The van der Waals surface area contributed by atoms with Crippen LogP contribution >= 0.6 is 0 Å². The van der Waals surface area contributed by atoms with Gasteiger partial charge in [0.1, 0.15) is 0 Å². The number of amides is 1. The Bertz CT molecular complexity index is 397. The first kappa shape index (κ1) is 11.9. The summed E-state index contributed by atoms with van der Waals surface area (Å²) in [5, 5.41) is 2.73. The molecule has 1 aliphatic heterocycles. The second-order valence-corrected chi connectivity index (χ2v) is 4.53. The van der Waals surface area contributed by atoms with E-state index in [-0.39, 0.29) is 11.8 Å². The van der Waals surface area contributed by atoms with E-state index in [2.05, 4.69) is 21.3 Å². The normalized spacial score (nSPS) is 16.9. The summed E-state index contributed by atoms with van der Waals surface area (Å²) in [6, 6.07) is 4.13. The van der Waals surface area contributed by atoms with Gasteiger partial charge >= 0.3 is 0 Å². The van der Waals surface area contributed by atoms with Crippen molar-refractivity contribution < 1.29 is 4.79 Å². The van der Waals surface area contributed by atoms with Crippen molar-refractivity contribution in [1.29, 1.82) is 0 Å². The van der Waals surface area contributed by atoms with Crippen molar-refractivity contribution >= 4 is 11.6 Å². The summed E-state index contributed by atoms with van der Waals surface area (Å²) in [7, 11) is 1.71. The smallest absolute Gasteiger partial charge is 0.222 e. The van der Waals surface area contributed by atoms with Crippen LogP contribution in [-0.4, -0.2) is 31.0 Å². The van der Waals surface area contributed by atoms with Crippen molar-refractivity contribution in [1.82, 2.24) is 10.3 Å². The highest BCUT2D eigenvalue weighted by Crippen LogP contribution is 2.23. The predicted octanol–water partition coefficient (Wildman–Crippen LogP) is 1.35. The van der Waals surface area contributed by atoms with Crippen LogP contribution in [0.25, 0.3) is 0 Å². The predicted molar refractivity (Wildman–Crippen MR) is 68.0 cm³/mol. The van der Waals surface area contributed by atoms with Crippen LogP contribution in [0.1, 0.15) is 18.5 Å². The van der Waals surface area contributed by atoms with E-state index in [1.54, 1.807) is 7.05 Å². The molecule has 0 unspecified atom stereocenters. The zero-order chi connectivity index (χ0) is 12.3. The highest BCUT2D eigenvalue weighted by atomic mass is 16.1. The van der Waals surface area contributed by atoms with Crippen molar-refractivity contribution in [2.24, 2.45) is 5.92 Å². The van der Waals surface area contributed by atoms with Crippen LogP contribution in [0.4, 0.5) is 5.69 Å². The van der Waals surface area contributed by atoms with Gasteiger partial charge in [0, 0.05) is 43.6 Å². The first-order chi connectivity index (χ1) is 8.20. The summed E-state index contributed by atoms with van der Waals surface area (Å²) >= 11 is 0. The average Bonchev–Trinajstić information content (AvgIpc) is 2.38. The van der Waals surface area contributed by atoms with Crippen LogP contribution in [-0.2, 0) is 4.79 Å². The van der Waals surface area contributed by atoms with Crippen LogP contribution in [0.15, 0.2) is 18.3 Å². The van der Waals surface area contributed by atoms with Gasteiger partial charge in [0.15, 0.2) is 0 Å². The van der Waals surface area contributed by atoms with Gasteiger partial charge in [-0.3, -0.25) is 9.78 Å². The summed E-state index contributed by atoms with van der Waals surface area (Å²) in [5.41, 5.74) is 2.25. The topological polar surface area (TPSA) is 45.2 Å². The molecule has 4 nitrogen and oxygen atoms in total. The molecule has 1 amide bonds. The minimum atomic E-state index is 0.176. The minimum Gasteiger partial charge on any atom is -0.371 e. The second-order valence-electron chi connectivity index (χ2n) is 4.53. The molecular weight excluding hydrogens is 214 g/mol. The third-order valence-corrected chi connectivity index (χ3v) is 3.36. The lowest BCUT2D eigenvalue weighted by atomic mass is 9.95. The van der Waals surface area contributed by atoms with Crippen molar-refractivity contribution in [2.45, 2.75) is 19.8 Å². The van der Waals surface area contributed by atoms with Gasteiger partial charge in [-0.1, -0.05) is 0 Å². The SMILES string of the molecule is CNC(=O)C1CCN(c2ccnc(C)c2)CC1. The van der Waals surface area contributed by atoms with Crippen LogP contribution in [0.5, 0.6) is 0 Å². The lowest BCUT2D eigenvalue weighted by molar-refractivity contribution is -0.125. The quantitative estimate of drug-likeness (QED) is 0.838. The van der Waals surface area contributed by atoms with Gasteiger partial charge in [0.05, 0.1) is 0 Å². The monoisotopic (exact) mass is 233 g/mol. The summed E-state index contributed by atoms with van der Waals surface area (Å²) in [5.74, 6) is 0.356. The number of aryl methyl sites for hydroxylation is 1. The molecule has 2 rings (SSSR count). The number of pyridine rings is 1. The molecule has 1 saturated heterocycles. The van der Waals surface area contributed by atoms with Gasteiger partial charge in [0.25, 0.3) is 0 Å². The molecule has 0 aromatic carbocycles. The number of piperidine rings is 1. The molecule has 0 aliphatic carbocycles. The second kappa shape index (κ2) is 5.17. The molecule has 0 spiro atoms. The Morgan fingerprint density at radius 1 is 1.47 bits per heavy atom. The van der Waals surface area contributed by atoms with E-state index in [0.717, 1.165) is 31.6 Å². The third-order valence-electron chi connectivity index (χ3n) is 3.36. The largest absolute Gasteiger partial charge is 0.371 e. The average molecular weight is 233 g/mol. The molecule has 0 atom stereocenters. The van der Waals surface area contributed by atoms with E-state index in [1.807, 2.05) is 19.2 Å². The number of carbonyl (C=O) groups is 1. The fourth-order valence-electron chi connectivity index (χ4n) is 2.33. The molecule has 1 N–H and O–H groups in total. The maximum Gasteiger partial charge on any atom is 0.222 e. The Labute approximate surface area is 102 Å². The number of nitrogens with one attached hydrogen (secondary N) is 1. The minimum absolute atomic E-state index is 0.176. The summed E-state index contributed by atoms with van der Waals surface area (Å²) in [6.07, 6.45) is 3.71. The summed E-state index contributed by atoms with van der Waals surface area (Å²) in [4.78, 5) is 18.1. The number of hydrogen-bond acceptors (Lipinski definition) is 3. The number of anilines is 1.